The number of amides is 1. The maximum absolute atomic E-state index is 12.6. The lowest BCUT2D eigenvalue weighted by Crippen LogP contribution is -2.28. The minimum atomic E-state index is -0.648. The standard InChI is InChI=1S/C15H17ClN4O2/c1-2-14(21)11-9-20(18-17-11)13-7-8-19(15(13)22)12-6-4-3-5-10(12)16/h3-6,9,13-14,21H,2,7-8H2,1H3. The topological polar surface area (TPSA) is 71.2 Å². The van der Waals surface area contributed by atoms with Crippen molar-refractivity contribution in [2.45, 2.75) is 31.9 Å². The Bertz CT molecular complexity index is 688. The smallest absolute Gasteiger partial charge is 0.252 e. The molecule has 2 heterocycles. The van der Waals surface area contributed by atoms with Crippen molar-refractivity contribution in [3.63, 3.8) is 0 Å². The quantitative estimate of drug-likeness (QED) is 0.938. The van der Waals surface area contributed by atoms with Crippen LogP contribution in [0.2, 0.25) is 5.02 Å². The van der Waals surface area contributed by atoms with Crippen LogP contribution in [0.5, 0.6) is 0 Å². The van der Waals surface area contributed by atoms with E-state index in [1.54, 1.807) is 17.2 Å². The Kier molecular flexibility index (Phi) is 4.13. The van der Waals surface area contributed by atoms with Crippen molar-refractivity contribution in [2.24, 2.45) is 0 Å². The van der Waals surface area contributed by atoms with Crippen LogP contribution >= 0.6 is 11.6 Å². The predicted octanol–water partition coefficient (Wildman–Crippen LogP) is 2.35. The fourth-order valence-electron chi connectivity index (χ4n) is 2.62. The number of aliphatic hydroxyl groups excluding tert-OH is 1. The highest BCUT2D eigenvalue weighted by atomic mass is 35.5. The number of anilines is 1. The van der Waals surface area contributed by atoms with E-state index in [0.717, 1.165) is 0 Å². The average Bonchev–Trinajstić information content (AvgIpc) is 3.14. The largest absolute Gasteiger partial charge is 0.387 e. The normalized spacial score (nSPS) is 19.7. The van der Waals surface area contributed by atoms with Crippen molar-refractivity contribution in [1.82, 2.24) is 15.0 Å². The van der Waals surface area contributed by atoms with E-state index in [1.807, 2.05) is 25.1 Å². The Labute approximate surface area is 133 Å². The molecule has 0 radical (unpaired) electrons. The molecule has 2 atom stereocenters. The lowest BCUT2D eigenvalue weighted by Gasteiger charge is -2.18. The summed E-state index contributed by atoms with van der Waals surface area (Å²) in [5.41, 5.74) is 1.21. The van der Waals surface area contributed by atoms with Crippen molar-refractivity contribution >= 4 is 23.2 Å². The molecule has 1 amide bonds. The molecule has 2 aromatic rings. The van der Waals surface area contributed by atoms with Gasteiger partial charge in [0.25, 0.3) is 5.91 Å². The molecule has 3 rings (SSSR count). The fourth-order valence-corrected chi connectivity index (χ4v) is 2.86. The van der Waals surface area contributed by atoms with Crippen LogP contribution in [0.25, 0.3) is 0 Å². The Balaban J connectivity index is 1.82. The van der Waals surface area contributed by atoms with Crippen LogP contribution in [0.4, 0.5) is 5.69 Å². The summed E-state index contributed by atoms with van der Waals surface area (Å²) in [7, 11) is 0. The predicted molar refractivity (Wildman–Crippen MR) is 82.7 cm³/mol. The third kappa shape index (κ3) is 2.60. The van der Waals surface area contributed by atoms with Gasteiger partial charge >= 0.3 is 0 Å². The van der Waals surface area contributed by atoms with Crippen LogP contribution in [0.3, 0.4) is 0 Å². The summed E-state index contributed by atoms with van der Waals surface area (Å²) in [6, 6.07) is 6.88. The number of hydrogen-bond acceptors (Lipinski definition) is 4. The van der Waals surface area contributed by atoms with Gasteiger partial charge in [-0.1, -0.05) is 35.9 Å². The van der Waals surface area contributed by atoms with E-state index >= 15 is 0 Å². The summed E-state index contributed by atoms with van der Waals surface area (Å²) < 4.78 is 1.54. The molecular weight excluding hydrogens is 304 g/mol. The molecule has 2 unspecified atom stereocenters. The first-order valence-corrected chi connectivity index (χ1v) is 7.65. The summed E-state index contributed by atoms with van der Waals surface area (Å²) >= 11 is 6.17. The van der Waals surface area contributed by atoms with Crippen LogP contribution in [0.15, 0.2) is 30.5 Å². The van der Waals surface area contributed by atoms with Gasteiger partial charge in [-0.05, 0) is 25.0 Å². The van der Waals surface area contributed by atoms with Gasteiger partial charge in [0, 0.05) is 6.54 Å². The third-order valence-electron chi connectivity index (χ3n) is 3.90. The Hall–Kier alpha value is -1.92. The first-order chi connectivity index (χ1) is 10.6. The summed E-state index contributed by atoms with van der Waals surface area (Å²) in [5, 5.41) is 18.3. The lowest BCUT2D eigenvalue weighted by molar-refractivity contribution is -0.120. The Morgan fingerprint density at radius 2 is 2.23 bits per heavy atom. The van der Waals surface area contributed by atoms with Gasteiger partial charge in [-0.2, -0.15) is 0 Å². The van der Waals surface area contributed by atoms with Crippen LogP contribution < -0.4 is 4.90 Å². The molecule has 1 aromatic heterocycles. The van der Waals surface area contributed by atoms with Gasteiger partial charge in [0.2, 0.25) is 0 Å². The molecule has 1 fully saturated rings. The van der Waals surface area contributed by atoms with E-state index in [0.29, 0.717) is 35.8 Å². The van der Waals surface area contributed by atoms with E-state index in [1.165, 1.54) is 4.68 Å². The van der Waals surface area contributed by atoms with E-state index in [4.69, 9.17) is 11.6 Å². The molecule has 7 heteroatoms. The van der Waals surface area contributed by atoms with Crippen molar-refractivity contribution in [3.05, 3.63) is 41.2 Å². The summed E-state index contributed by atoms with van der Waals surface area (Å²) in [6.07, 6.45) is 2.19. The molecular formula is C15H17ClN4O2. The van der Waals surface area contributed by atoms with Crippen LogP contribution in [0.1, 0.15) is 37.6 Å². The van der Waals surface area contributed by atoms with Gasteiger partial charge in [-0.25, -0.2) is 4.68 Å². The Morgan fingerprint density at radius 1 is 1.45 bits per heavy atom. The first-order valence-electron chi connectivity index (χ1n) is 7.27. The molecule has 1 aliphatic rings. The highest BCUT2D eigenvalue weighted by molar-refractivity contribution is 6.33. The molecule has 1 N–H and O–H groups in total. The van der Waals surface area contributed by atoms with Gasteiger partial charge < -0.3 is 10.0 Å². The summed E-state index contributed by atoms with van der Waals surface area (Å²) in [5.74, 6) is -0.0597. The maximum atomic E-state index is 12.6. The number of rotatable bonds is 4. The van der Waals surface area contributed by atoms with Crippen molar-refractivity contribution in [3.8, 4) is 0 Å². The highest BCUT2D eigenvalue weighted by Crippen LogP contribution is 2.32. The number of hydrogen-bond donors (Lipinski definition) is 1. The molecule has 0 bridgehead atoms. The average molecular weight is 321 g/mol. The molecule has 6 nitrogen and oxygen atoms in total. The molecule has 116 valence electrons. The molecule has 1 saturated heterocycles. The Morgan fingerprint density at radius 3 is 2.95 bits per heavy atom. The van der Waals surface area contributed by atoms with Crippen LogP contribution in [0, 0.1) is 0 Å². The molecule has 1 aromatic carbocycles. The van der Waals surface area contributed by atoms with Crippen molar-refractivity contribution in [1.29, 1.82) is 0 Å². The second-order valence-corrected chi connectivity index (χ2v) is 5.70. The lowest BCUT2D eigenvalue weighted by atomic mass is 10.2. The molecule has 0 spiro atoms. The van der Waals surface area contributed by atoms with E-state index < -0.39 is 12.1 Å². The van der Waals surface area contributed by atoms with Crippen molar-refractivity contribution < 1.29 is 9.90 Å². The molecule has 0 saturated carbocycles. The number of para-hydroxylation sites is 1. The summed E-state index contributed by atoms with van der Waals surface area (Å²) in [6.45, 7) is 2.45. The van der Waals surface area contributed by atoms with Gasteiger partial charge in [0.05, 0.1) is 23.0 Å². The SMILES string of the molecule is CCC(O)c1cn(C2CCN(c3ccccc3Cl)C2=O)nn1. The molecule has 0 aliphatic carbocycles. The second-order valence-electron chi connectivity index (χ2n) is 5.29. The van der Waals surface area contributed by atoms with Crippen molar-refractivity contribution in [2.75, 3.05) is 11.4 Å². The van der Waals surface area contributed by atoms with E-state index in [-0.39, 0.29) is 5.91 Å². The number of halogens is 1. The second kappa shape index (κ2) is 6.06. The number of carbonyl (C=O) groups excluding carboxylic acids is 1. The third-order valence-corrected chi connectivity index (χ3v) is 4.22. The van der Waals surface area contributed by atoms with E-state index in [2.05, 4.69) is 10.3 Å². The number of nitrogens with zero attached hydrogens (tertiary/aromatic N) is 4. The number of carbonyl (C=O) groups is 1. The highest BCUT2D eigenvalue weighted by Gasteiger charge is 2.35. The first kappa shape index (κ1) is 15.0. The van der Waals surface area contributed by atoms with Crippen LogP contribution in [-0.4, -0.2) is 32.6 Å². The zero-order valence-corrected chi connectivity index (χ0v) is 12.9. The van der Waals surface area contributed by atoms with Crippen LogP contribution in [-0.2, 0) is 4.79 Å². The number of benzene rings is 1. The minimum Gasteiger partial charge on any atom is -0.387 e. The van der Waals surface area contributed by atoms with Gasteiger partial charge in [-0.3, -0.25) is 4.79 Å². The van der Waals surface area contributed by atoms with E-state index in [9.17, 15) is 9.90 Å². The van der Waals surface area contributed by atoms with Gasteiger partial charge in [-0.15, -0.1) is 5.10 Å². The maximum Gasteiger partial charge on any atom is 0.252 e. The van der Waals surface area contributed by atoms with Gasteiger partial charge in [0.1, 0.15) is 11.7 Å². The number of aromatic nitrogens is 3. The molecule has 1 aliphatic heterocycles. The molecule has 22 heavy (non-hydrogen) atoms. The summed E-state index contributed by atoms with van der Waals surface area (Å²) in [4.78, 5) is 14.3. The number of aliphatic hydroxyl groups is 1. The monoisotopic (exact) mass is 320 g/mol. The fraction of sp³-hybridized carbons (Fsp3) is 0.400. The zero-order valence-electron chi connectivity index (χ0n) is 12.2. The van der Waals surface area contributed by atoms with Gasteiger partial charge in [0.15, 0.2) is 0 Å². The zero-order chi connectivity index (χ0) is 15.7. The minimum absolute atomic E-state index is 0.0597.